The molecule has 1 atom stereocenters. The molecular weight excluding hydrogens is 582 g/mol. The number of anilines is 1. The molecule has 33 heavy (non-hydrogen) atoms. The smallest absolute Gasteiger partial charge is 0.330 e. The first-order valence-corrected chi connectivity index (χ1v) is 11.7. The first-order chi connectivity index (χ1) is 15.5. The quantitative estimate of drug-likeness (QED) is 0.195. The minimum Gasteiger partial charge on any atom is -0.454 e. The molecule has 12 heteroatoms. The Morgan fingerprint density at radius 1 is 0.939 bits per heavy atom. The SMILES string of the molecule is CC(C)[C@@H](C(=O)OCC(=O)Nc1ccc(Br)cc1)N1C(=O)c2c(Cl)c(Cl)c(Cl)c(Cl)c2C1=O. The maximum Gasteiger partial charge on any atom is 0.330 e. The Morgan fingerprint density at radius 3 is 1.88 bits per heavy atom. The van der Waals surface area contributed by atoms with E-state index in [0.29, 0.717) is 10.6 Å². The van der Waals surface area contributed by atoms with Crippen LogP contribution in [-0.2, 0) is 14.3 Å². The molecule has 0 aromatic heterocycles. The maximum absolute atomic E-state index is 13.1. The van der Waals surface area contributed by atoms with Gasteiger partial charge in [-0.2, -0.15) is 0 Å². The van der Waals surface area contributed by atoms with Gasteiger partial charge < -0.3 is 10.1 Å². The van der Waals surface area contributed by atoms with Crippen molar-refractivity contribution in [3.05, 3.63) is 60.0 Å². The fourth-order valence-corrected chi connectivity index (χ4v) is 4.53. The standard InChI is InChI=1S/C21H15BrCl4N2O5/c1-8(2)18(21(32)33-7-11(29)27-10-5-3-9(22)4-6-10)28-19(30)12-13(20(28)31)15(24)17(26)16(25)14(12)23/h3-6,8,18H,7H2,1-2H3,(H,27,29)/t18-/m0/s1. The molecule has 0 saturated heterocycles. The second-order valence-electron chi connectivity index (χ2n) is 7.34. The Hall–Kier alpha value is -1.84. The molecule has 0 fully saturated rings. The third-order valence-electron chi connectivity index (χ3n) is 4.76. The molecule has 2 aromatic rings. The minimum atomic E-state index is -1.34. The summed E-state index contributed by atoms with van der Waals surface area (Å²) >= 11 is 27.6. The number of carbonyl (C=O) groups is 4. The van der Waals surface area contributed by atoms with Crippen molar-refractivity contribution in [1.82, 2.24) is 4.90 Å². The Labute approximate surface area is 217 Å². The highest BCUT2D eigenvalue weighted by Gasteiger charge is 2.48. The number of ether oxygens (including phenoxy) is 1. The van der Waals surface area contributed by atoms with Gasteiger partial charge in [0.2, 0.25) is 0 Å². The van der Waals surface area contributed by atoms with Crippen LogP contribution in [0.5, 0.6) is 0 Å². The summed E-state index contributed by atoms with van der Waals surface area (Å²) in [7, 11) is 0. The molecule has 1 aliphatic rings. The number of nitrogens with zero attached hydrogens (tertiary/aromatic N) is 1. The van der Waals surface area contributed by atoms with E-state index in [1.807, 2.05) is 0 Å². The molecule has 0 aliphatic carbocycles. The number of imide groups is 1. The molecule has 0 saturated carbocycles. The molecule has 1 aliphatic heterocycles. The fourth-order valence-electron chi connectivity index (χ4n) is 3.25. The highest BCUT2D eigenvalue weighted by Crippen LogP contribution is 2.45. The monoisotopic (exact) mass is 594 g/mol. The molecule has 2 aromatic carbocycles. The Bertz CT molecular complexity index is 1120. The van der Waals surface area contributed by atoms with E-state index < -0.39 is 42.3 Å². The van der Waals surface area contributed by atoms with Crippen molar-refractivity contribution in [3.63, 3.8) is 0 Å². The summed E-state index contributed by atoms with van der Waals surface area (Å²) in [5.74, 6) is -3.83. The lowest BCUT2D eigenvalue weighted by molar-refractivity contribution is -0.152. The summed E-state index contributed by atoms with van der Waals surface area (Å²) in [6.45, 7) is 2.60. The van der Waals surface area contributed by atoms with E-state index in [-0.39, 0.29) is 31.2 Å². The number of fused-ring (bicyclic) bond motifs is 1. The second kappa shape index (κ2) is 10.2. The largest absolute Gasteiger partial charge is 0.454 e. The lowest BCUT2D eigenvalue weighted by atomic mass is 10.0. The highest BCUT2D eigenvalue weighted by atomic mass is 79.9. The first kappa shape index (κ1) is 25.8. The van der Waals surface area contributed by atoms with Gasteiger partial charge in [0.25, 0.3) is 17.7 Å². The molecule has 1 heterocycles. The lowest BCUT2D eigenvalue weighted by Crippen LogP contribution is -2.49. The van der Waals surface area contributed by atoms with Gasteiger partial charge in [0.15, 0.2) is 6.61 Å². The number of hydrogen-bond donors (Lipinski definition) is 1. The van der Waals surface area contributed by atoms with Crippen LogP contribution < -0.4 is 5.32 Å². The van der Waals surface area contributed by atoms with Gasteiger partial charge in [0.1, 0.15) is 6.04 Å². The minimum absolute atomic E-state index is 0.182. The van der Waals surface area contributed by atoms with Crippen LogP contribution in [0.1, 0.15) is 34.6 Å². The van der Waals surface area contributed by atoms with E-state index in [9.17, 15) is 19.2 Å². The number of amides is 3. The molecule has 3 amide bonds. The van der Waals surface area contributed by atoms with Crippen LogP contribution in [0.15, 0.2) is 28.7 Å². The maximum atomic E-state index is 13.1. The fraction of sp³-hybridized carbons (Fsp3) is 0.238. The van der Waals surface area contributed by atoms with Gasteiger partial charge in [-0.05, 0) is 30.2 Å². The van der Waals surface area contributed by atoms with E-state index in [1.54, 1.807) is 38.1 Å². The van der Waals surface area contributed by atoms with Crippen LogP contribution in [-0.4, -0.2) is 41.2 Å². The van der Waals surface area contributed by atoms with Crippen LogP contribution in [0.4, 0.5) is 5.69 Å². The van der Waals surface area contributed by atoms with Gasteiger partial charge in [0.05, 0.1) is 31.2 Å². The molecule has 0 bridgehead atoms. The molecule has 174 valence electrons. The van der Waals surface area contributed by atoms with Gasteiger partial charge in [-0.1, -0.05) is 76.2 Å². The van der Waals surface area contributed by atoms with Crippen LogP contribution in [0, 0.1) is 5.92 Å². The zero-order valence-electron chi connectivity index (χ0n) is 17.0. The summed E-state index contributed by atoms with van der Waals surface area (Å²) in [4.78, 5) is 51.9. The van der Waals surface area contributed by atoms with Crippen LogP contribution >= 0.6 is 62.3 Å². The van der Waals surface area contributed by atoms with Crippen LogP contribution in [0.25, 0.3) is 0 Å². The number of rotatable bonds is 6. The summed E-state index contributed by atoms with van der Waals surface area (Å²) < 4.78 is 5.94. The Morgan fingerprint density at radius 2 is 1.42 bits per heavy atom. The summed E-state index contributed by atoms with van der Waals surface area (Å²) in [6.07, 6.45) is 0. The Kier molecular flexibility index (Phi) is 7.96. The van der Waals surface area contributed by atoms with E-state index in [4.69, 9.17) is 51.1 Å². The zero-order valence-corrected chi connectivity index (χ0v) is 21.7. The van der Waals surface area contributed by atoms with Crippen molar-refractivity contribution in [1.29, 1.82) is 0 Å². The van der Waals surface area contributed by atoms with E-state index in [0.717, 1.165) is 4.47 Å². The van der Waals surface area contributed by atoms with Gasteiger partial charge in [-0.15, -0.1) is 0 Å². The Balaban J connectivity index is 1.80. The van der Waals surface area contributed by atoms with Crippen molar-refractivity contribution < 1.29 is 23.9 Å². The number of benzene rings is 2. The average molecular weight is 597 g/mol. The van der Waals surface area contributed by atoms with Crippen LogP contribution in [0.3, 0.4) is 0 Å². The summed E-state index contributed by atoms with van der Waals surface area (Å²) in [5.41, 5.74) is 0.0121. The number of hydrogen-bond acceptors (Lipinski definition) is 5. The zero-order chi connectivity index (χ0) is 24.6. The van der Waals surface area contributed by atoms with Crippen molar-refractivity contribution in [2.45, 2.75) is 19.9 Å². The third-order valence-corrected chi connectivity index (χ3v) is 7.09. The lowest BCUT2D eigenvalue weighted by Gasteiger charge is -2.27. The predicted molar refractivity (Wildman–Crippen MR) is 129 cm³/mol. The number of nitrogens with one attached hydrogen (secondary N) is 1. The summed E-state index contributed by atoms with van der Waals surface area (Å²) in [5, 5.41) is 1.72. The molecule has 0 radical (unpaired) electrons. The molecule has 3 rings (SSSR count). The van der Waals surface area contributed by atoms with Gasteiger partial charge in [-0.3, -0.25) is 19.3 Å². The van der Waals surface area contributed by atoms with Crippen molar-refractivity contribution >= 4 is 91.7 Å². The van der Waals surface area contributed by atoms with Crippen molar-refractivity contribution in [2.75, 3.05) is 11.9 Å². The third kappa shape index (κ3) is 5.00. The average Bonchev–Trinajstić information content (AvgIpc) is 3.01. The number of esters is 1. The predicted octanol–water partition coefficient (Wildman–Crippen LogP) is 5.87. The molecule has 0 unspecified atom stereocenters. The van der Waals surface area contributed by atoms with Crippen molar-refractivity contribution in [2.24, 2.45) is 5.92 Å². The van der Waals surface area contributed by atoms with Crippen LogP contribution in [0.2, 0.25) is 20.1 Å². The number of carbonyl (C=O) groups excluding carboxylic acids is 4. The highest BCUT2D eigenvalue weighted by molar-refractivity contribution is 9.10. The molecule has 7 nitrogen and oxygen atoms in total. The van der Waals surface area contributed by atoms with Crippen molar-refractivity contribution in [3.8, 4) is 0 Å². The summed E-state index contributed by atoms with van der Waals surface area (Å²) in [6, 6.07) is 5.43. The van der Waals surface area contributed by atoms with E-state index >= 15 is 0 Å². The van der Waals surface area contributed by atoms with E-state index in [1.165, 1.54) is 0 Å². The van der Waals surface area contributed by atoms with E-state index in [2.05, 4.69) is 21.2 Å². The molecular formula is C21H15BrCl4N2O5. The molecule has 1 N–H and O–H groups in total. The molecule has 0 spiro atoms. The van der Waals surface area contributed by atoms with Gasteiger partial charge >= 0.3 is 5.97 Å². The second-order valence-corrected chi connectivity index (χ2v) is 9.77. The normalized spacial score (nSPS) is 13.9. The van der Waals surface area contributed by atoms with Gasteiger partial charge in [0, 0.05) is 10.2 Å². The van der Waals surface area contributed by atoms with Gasteiger partial charge in [-0.25, -0.2) is 4.79 Å². The topological polar surface area (TPSA) is 92.8 Å². The number of halogens is 5. The first-order valence-electron chi connectivity index (χ1n) is 9.41.